The molecular formula is C12H13N3O. The van der Waals surface area contributed by atoms with Crippen LogP contribution >= 0.6 is 0 Å². The average Bonchev–Trinajstić information content (AvgIpc) is 2.33. The first-order chi connectivity index (χ1) is 7.79. The van der Waals surface area contributed by atoms with Gasteiger partial charge in [0.05, 0.1) is 5.69 Å². The highest BCUT2D eigenvalue weighted by Crippen LogP contribution is 2.06. The molecule has 0 saturated heterocycles. The molecule has 0 unspecified atom stereocenters. The lowest BCUT2D eigenvalue weighted by Crippen LogP contribution is -2.09. The van der Waals surface area contributed by atoms with Gasteiger partial charge in [0.25, 0.3) is 0 Å². The van der Waals surface area contributed by atoms with Gasteiger partial charge in [0.15, 0.2) is 5.43 Å². The van der Waals surface area contributed by atoms with Crippen molar-refractivity contribution in [1.29, 1.82) is 0 Å². The smallest absolute Gasteiger partial charge is 0.181 e. The van der Waals surface area contributed by atoms with Gasteiger partial charge < -0.3 is 10.3 Å². The van der Waals surface area contributed by atoms with Crippen molar-refractivity contribution in [2.45, 2.75) is 13.1 Å². The molecule has 2 N–H and O–H groups in total. The fraction of sp³-hybridized carbons (Fsp3) is 0.167. The Morgan fingerprint density at radius 3 is 2.69 bits per heavy atom. The second-order valence-electron chi connectivity index (χ2n) is 3.52. The van der Waals surface area contributed by atoms with Crippen molar-refractivity contribution in [3.8, 4) is 0 Å². The maximum absolute atomic E-state index is 11.0. The van der Waals surface area contributed by atoms with Crippen LogP contribution in [0.1, 0.15) is 11.3 Å². The molecule has 0 saturated carbocycles. The molecule has 0 aromatic carbocycles. The lowest BCUT2D eigenvalue weighted by molar-refractivity contribution is 0.767. The Balaban J connectivity index is 2.26. The molecule has 4 heteroatoms. The summed E-state index contributed by atoms with van der Waals surface area (Å²) in [5, 5.41) is 0. The Bertz CT molecular complexity index is 513. The van der Waals surface area contributed by atoms with Crippen LogP contribution in [0, 0.1) is 0 Å². The summed E-state index contributed by atoms with van der Waals surface area (Å²) in [5.74, 6) is 0. The van der Waals surface area contributed by atoms with Gasteiger partial charge in [0.2, 0.25) is 0 Å². The second kappa shape index (κ2) is 4.72. The molecule has 0 spiro atoms. The third-order valence-electron chi connectivity index (χ3n) is 2.39. The second-order valence-corrected chi connectivity index (χ2v) is 3.52. The molecule has 0 radical (unpaired) electrons. The maximum atomic E-state index is 11.0. The predicted octanol–water partition coefficient (Wildman–Crippen LogP) is 0.750. The number of pyridine rings is 2. The van der Waals surface area contributed by atoms with Crippen LogP contribution in [0.5, 0.6) is 0 Å². The molecule has 0 bridgehead atoms. The molecule has 0 atom stereocenters. The van der Waals surface area contributed by atoms with E-state index in [2.05, 4.69) is 4.98 Å². The van der Waals surface area contributed by atoms with E-state index in [1.165, 1.54) is 0 Å². The molecule has 0 fully saturated rings. The summed E-state index contributed by atoms with van der Waals surface area (Å²) in [7, 11) is 0. The van der Waals surface area contributed by atoms with Crippen LogP contribution in [0.3, 0.4) is 0 Å². The normalized spacial score (nSPS) is 10.3. The number of aromatic nitrogens is 2. The zero-order valence-corrected chi connectivity index (χ0v) is 8.84. The quantitative estimate of drug-likeness (QED) is 0.821. The van der Waals surface area contributed by atoms with E-state index >= 15 is 0 Å². The minimum atomic E-state index is 0.0153. The van der Waals surface area contributed by atoms with Crippen molar-refractivity contribution in [2.24, 2.45) is 5.73 Å². The van der Waals surface area contributed by atoms with Crippen LogP contribution in [0.15, 0.2) is 47.7 Å². The number of nitrogens with zero attached hydrogens (tertiary/aromatic N) is 2. The fourth-order valence-electron chi connectivity index (χ4n) is 1.54. The van der Waals surface area contributed by atoms with E-state index in [-0.39, 0.29) is 5.43 Å². The van der Waals surface area contributed by atoms with Crippen LogP contribution < -0.4 is 11.2 Å². The van der Waals surface area contributed by atoms with E-state index in [1.54, 1.807) is 30.7 Å². The van der Waals surface area contributed by atoms with E-state index < -0.39 is 0 Å². The van der Waals surface area contributed by atoms with Crippen molar-refractivity contribution in [3.63, 3.8) is 0 Å². The van der Waals surface area contributed by atoms with Crippen molar-refractivity contribution < 1.29 is 0 Å². The lowest BCUT2D eigenvalue weighted by atomic mass is 10.2. The van der Waals surface area contributed by atoms with E-state index in [0.717, 1.165) is 11.3 Å². The van der Waals surface area contributed by atoms with Gasteiger partial charge in [0.1, 0.15) is 0 Å². The zero-order chi connectivity index (χ0) is 11.4. The van der Waals surface area contributed by atoms with Crippen molar-refractivity contribution in [1.82, 2.24) is 9.55 Å². The topological polar surface area (TPSA) is 60.9 Å². The van der Waals surface area contributed by atoms with Crippen molar-refractivity contribution in [2.75, 3.05) is 0 Å². The summed E-state index contributed by atoms with van der Waals surface area (Å²) < 4.78 is 1.93. The molecular weight excluding hydrogens is 202 g/mol. The van der Waals surface area contributed by atoms with Gasteiger partial charge in [-0.15, -0.1) is 0 Å². The first-order valence-corrected chi connectivity index (χ1v) is 5.08. The highest BCUT2D eigenvalue weighted by atomic mass is 16.1. The van der Waals surface area contributed by atoms with E-state index in [9.17, 15) is 4.79 Å². The van der Waals surface area contributed by atoms with Crippen LogP contribution in [0.2, 0.25) is 0 Å². The van der Waals surface area contributed by atoms with Crippen molar-refractivity contribution in [3.05, 3.63) is 64.3 Å². The SMILES string of the molecule is NCc1ncccc1Cn1ccc(=O)cc1. The summed E-state index contributed by atoms with van der Waals surface area (Å²) in [5.41, 5.74) is 7.59. The maximum Gasteiger partial charge on any atom is 0.181 e. The van der Waals surface area contributed by atoms with Crippen LogP contribution in [0.4, 0.5) is 0 Å². The zero-order valence-electron chi connectivity index (χ0n) is 8.84. The molecule has 82 valence electrons. The number of hydrogen-bond donors (Lipinski definition) is 1. The van der Waals surface area contributed by atoms with E-state index in [0.29, 0.717) is 13.1 Å². The molecule has 0 aliphatic carbocycles. The Morgan fingerprint density at radius 2 is 2.00 bits per heavy atom. The Hall–Kier alpha value is -1.94. The van der Waals surface area contributed by atoms with Gasteiger partial charge >= 0.3 is 0 Å². The van der Waals surface area contributed by atoms with Crippen LogP contribution in [0.25, 0.3) is 0 Å². The average molecular weight is 215 g/mol. The summed E-state index contributed by atoms with van der Waals surface area (Å²) in [6.45, 7) is 1.11. The van der Waals surface area contributed by atoms with Gasteiger partial charge in [-0.2, -0.15) is 0 Å². The van der Waals surface area contributed by atoms with Gasteiger partial charge in [-0.25, -0.2) is 0 Å². The molecule has 2 heterocycles. The third-order valence-corrected chi connectivity index (χ3v) is 2.39. The first kappa shape index (κ1) is 10.6. The molecule has 2 aromatic rings. The Labute approximate surface area is 93.4 Å². The molecule has 4 nitrogen and oxygen atoms in total. The predicted molar refractivity (Wildman–Crippen MR) is 61.9 cm³/mol. The summed E-state index contributed by atoms with van der Waals surface area (Å²) in [6.07, 6.45) is 5.25. The van der Waals surface area contributed by atoms with E-state index in [1.807, 2.05) is 16.7 Å². The number of hydrogen-bond acceptors (Lipinski definition) is 3. The highest BCUT2D eigenvalue weighted by Gasteiger charge is 2.01. The summed E-state index contributed by atoms with van der Waals surface area (Å²) >= 11 is 0. The molecule has 2 aromatic heterocycles. The van der Waals surface area contributed by atoms with Gasteiger partial charge in [0, 0.05) is 43.8 Å². The standard InChI is InChI=1S/C12H13N3O/c13-8-12-10(2-1-5-14-12)9-15-6-3-11(16)4-7-15/h1-7H,8-9,13H2. The minimum Gasteiger partial charge on any atom is -0.350 e. The van der Waals surface area contributed by atoms with Crippen LogP contribution in [-0.4, -0.2) is 9.55 Å². The molecule has 0 aliphatic heterocycles. The van der Waals surface area contributed by atoms with Crippen molar-refractivity contribution >= 4 is 0 Å². The van der Waals surface area contributed by atoms with Gasteiger partial charge in [-0.3, -0.25) is 9.78 Å². The number of rotatable bonds is 3. The molecule has 2 rings (SSSR count). The molecule has 16 heavy (non-hydrogen) atoms. The Kier molecular flexibility index (Phi) is 3.12. The lowest BCUT2D eigenvalue weighted by Gasteiger charge is -2.08. The molecule has 0 aliphatic rings. The van der Waals surface area contributed by atoms with E-state index in [4.69, 9.17) is 5.73 Å². The third kappa shape index (κ3) is 2.35. The van der Waals surface area contributed by atoms with Gasteiger partial charge in [-0.05, 0) is 11.6 Å². The minimum absolute atomic E-state index is 0.0153. The largest absolute Gasteiger partial charge is 0.350 e. The molecule has 0 amide bonds. The van der Waals surface area contributed by atoms with Gasteiger partial charge in [-0.1, -0.05) is 6.07 Å². The summed E-state index contributed by atoms with van der Waals surface area (Å²) in [6, 6.07) is 6.96. The van der Waals surface area contributed by atoms with Crippen LogP contribution in [-0.2, 0) is 13.1 Å². The summed E-state index contributed by atoms with van der Waals surface area (Å²) in [4.78, 5) is 15.2. The number of nitrogens with two attached hydrogens (primary N) is 1. The Morgan fingerprint density at radius 1 is 1.25 bits per heavy atom. The monoisotopic (exact) mass is 215 g/mol. The first-order valence-electron chi connectivity index (χ1n) is 5.08. The highest BCUT2D eigenvalue weighted by molar-refractivity contribution is 5.20. The fourth-order valence-corrected chi connectivity index (χ4v) is 1.54.